The van der Waals surface area contributed by atoms with Crippen LogP contribution in [0.1, 0.15) is 16.8 Å². The van der Waals surface area contributed by atoms with Crippen molar-refractivity contribution in [3.8, 4) is 0 Å². The lowest BCUT2D eigenvalue weighted by atomic mass is 10.4. The molecule has 0 saturated carbocycles. The monoisotopic (exact) mass is 274 g/mol. The Morgan fingerprint density at radius 2 is 2.17 bits per heavy atom. The van der Waals surface area contributed by atoms with Crippen LogP contribution in [0.15, 0.2) is 11.2 Å². The maximum atomic E-state index is 12.3. The Morgan fingerprint density at radius 3 is 2.89 bits per heavy atom. The van der Waals surface area contributed by atoms with Gasteiger partial charge >= 0.3 is 5.97 Å². The van der Waals surface area contributed by atoms with E-state index in [2.05, 4.69) is 15.5 Å². The largest absolute Gasteiger partial charge is 0.478 e. The molecular formula is C9H14N4O4S. The topological polar surface area (TPSA) is 115 Å². The molecule has 0 bridgehead atoms. The number of nitrogens with one attached hydrogen (secondary N) is 2. The summed E-state index contributed by atoms with van der Waals surface area (Å²) in [5.41, 5.74) is -0.327. The van der Waals surface area contributed by atoms with Crippen LogP contribution in [0.25, 0.3) is 0 Å². The highest BCUT2D eigenvalue weighted by molar-refractivity contribution is 7.89. The number of carboxylic acids is 1. The van der Waals surface area contributed by atoms with Crippen molar-refractivity contribution in [3.63, 3.8) is 0 Å². The van der Waals surface area contributed by atoms with Crippen molar-refractivity contribution >= 4 is 16.0 Å². The van der Waals surface area contributed by atoms with Gasteiger partial charge in [0.1, 0.15) is 5.56 Å². The summed E-state index contributed by atoms with van der Waals surface area (Å²) >= 11 is 0. The van der Waals surface area contributed by atoms with Gasteiger partial charge in [-0.25, -0.2) is 13.2 Å². The second-order valence-corrected chi connectivity index (χ2v) is 5.80. The zero-order valence-electron chi connectivity index (χ0n) is 9.59. The van der Waals surface area contributed by atoms with Gasteiger partial charge in [-0.05, 0) is 13.0 Å². The van der Waals surface area contributed by atoms with E-state index in [0.717, 1.165) is 12.7 Å². The summed E-state index contributed by atoms with van der Waals surface area (Å²) in [6.45, 7) is 1.99. The minimum absolute atomic E-state index is 0.320. The average molecular weight is 274 g/mol. The highest BCUT2D eigenvalue weighted by Crippen LogP contribution is 2.18. The zero-order valence-corrected chi connectivity index (χ0v) is 10.4. The molecule has 3 N–H and O–H groups in total. The van der Waals surface area contributed by atoms with Crippen LogP contribution in [-0.4, -0.2) is 60.2 Å². The quantitative estimate of drug-likeness (QED) is 0.657. The lowest BCUT2D eigenvalue weighted by Crippen LogP contribution is -2.35. The molecular weight excluding hydrogens is 260 g/mol. The lowest BCUT2D eigenvalue weighted by molar-refractivity contribution is 0.0692. The molecule has 0 radical (unpaired) electrons. The zero-order chi connectivity index (χ0) is 13.2. The van der Waals surface area contributed by atoms with Crippen molar-refractivity contribution in [3.05, 3.63) is 11.8 Å². The third-order valence-corrected chi connectivity index (χ3v) is 4.60. The van der Waals surface area contributed by atoms with Crippen LogP contribution in [-0.2, 0) is 10.0 Å². The molecule has 0 unspecified atom stereocenters. The Hall–Kier alpha value is -1.45. The number of aromatic nitrogens is 2. The minimum atomic E-state index is -3.82. The second-order valence-electron chi connectivity index (χ2n) is 3.93. The molecule has 1 fully saturated rings. The first-order chi connectivity index (χ1) is 8.53. The molecule has 0 aliphatic carbocycles. The Balaban J connectivity index is 2.34. The van der Waals surface area contributed by atoms with Gasteiger partial charge in [0.25, 0.3) is 10.0 Å². The van der Waals surface area contributed by atoms with Crippen molar-refractivity contribution in [1.29, 1.82) is 0 Å². The number of H-pyrrole nitrogens is 1. The number of carbonyl (C=O) groups is 1. The number of carboxylic acid groups (broad SMARTS) is 1. The van der Waals surface area contributed by atoms with Crippen molar-refractivity contribution < 1.29 is 18.3 Å². The minimum Gasteiger partial charge on any atom is -0.478 e. The van der Waals surface area contributed by atoms with E-state index in [-0.39, 0.29) is 10.6 Å². The smallest absolute Gasteiger partial charge is 0.340 e. The van der Waals surface area contributed by atoms with Gasteiger partial charge in [-0.2, -0.15) is 9.40 Å². The predicted molar refractivity (Wildman–Crippen MR) is 61.8 cm³/mol. The number of aromatic carboxylic acids is 1. The van der Waals surface area contributed by atoms with E-state index in [1.165, 1.54) is 4.31 Å². The molecule has 1 aromatic heterocycles. The molecule has 0 atom stereocenters. The predicted octanol–water partition coefficient (Wildman–Crippen LogP) is -0.908. The fraction of sp³-hybridized carbons (Fsp3) is 0.556. The lowest BCUT2D eigenvalue weighted by Gasteiger charge is -2.18. The molecule has 0 aromatic carbocycles. The molecule has 1 saturated heterocycles. The number of nitrogens with zero attached hydrogens (tertiary/aromatic N) is 2. The fourth-order valence-electron chi connectivity index (χ4n) is 1.81. The molecule has 8 nitrogen and oxygen atoms in total. The van der Waals surface area contributed by atoms with Crippen molar-refractivity contribution in [1.82, 2.24) is 19.8 Å². The molecule has 0 spiro atoms. The van der Waals surface area contributed by atoms with Crippen LogP contribution in [0.2, 0.25) is 0 Å². The van der Waals surface area contributed by atoms with Gasteiger partial charge in [-0.15, -0.1) is 0 Å². The highest BCUT2D eigenvalue weighted by Gasteiger charge is 2.31. The van der Waals surface area contributed by atoms with E-state index in [1.54, 1.807) is 0 Å². The molecule has 18 heavy (non-hydrogen) atoms. The third kappa shape index (κ3) is 2.37. The summed E-state index contributed by atoms with van der Waals surface area (Å²) in [5, 5.41) is 17.4. The van der Waals surface area contributed by atoms with E-state index >= 15 is 0 Å². The number of rotatable bonds is 3. The van der Waals surface area contributed by atoms with Gasteiger partial charge in [-0.1, -0.05) is 0 Å². The number of hydrogen-bond donors (Lipinski definition) is 3. The highest BCUT2D eigenvalue weighted by atomic mass is 32.2. The summed E-state index contributed by atoms with van der Waals surface area (Å²) in [5.74, 6) is -1.31. The molecule has 100 valence electrons. The second kappa shape index (κ2) is 5.04. The first kappa shape index (κ1) is 13.0. The summed E-state index contributed by atoms with van der Waals surface area (Å²) in [7, 11) is -3.82. The summed E-state index contributed by atoms with van der Waals surface area (Å²) in [6.07, 6.45) is 1.70. The molecule has 0 amide bonds. The molecule has 2 heterocycles. The van der Waals surface area contributed by atoms with Gasteiger partial charge in [0.2, 0.25) is 0 Å². The Kier molecular flexibility index (Phi) is 3.64. The Morgan fingerprint density at radius 1 is 1.39 bits per heavy atom. The van der Waals surface area contributed by atoms with Crippen molar-refractivity contribution in [2.45, 2.75) is 11.4 Å². The number of hydrogen-bond acceptors (Lipinski definition) is 5. The molecule has 9 heteroatoms. The van der Waals surface area contributed by atoms with Gasteiger partial charge in [0.05, 0.1) is 6.20 Å². The summed E-state index contributed by atoms with van der Waals surface area (Å²) < 4.78 is 25.9. The van der Waals surface area contributed by atoms with E-state index in [4.69, 9.17) is 5.11 Å². The molecule has 2 rings (SSSR count). The molecule has 1 aliphatic heterocycles. The Labute approximate surface area is 104 Å². The van der Waals surface area contributed by atoms with Crippen molar-refractivity contribution in [2.75, 3.05) is 26.2 Å². The van der Waals surface area contributed by atoms with Gasteiger partial charge in [-0.3, -0.25) is 5.10 Å². The van der Waals surface area contributed by atoms with Gasteiger partial charge in [0, 0.05) is 19.6 Å². The van der Waals surface area contributed by atoms with E-state index < -0.39 is 16.0 Å². The molecule has 1 aromatic rings. The average Bonchev–Trinajstić information content (AvgIpc) is 2.65. The maximum absolute atomic E-state index is 12.3. The first-order valence-electron chi connectivity index (χ1n) is 5.51. The van der Waals surface area contributed by atoms with Crippen LogP contribution in [0.5, 0.6) is 0 Å². The number of sulfonamides is 1. The fourth-order valence-corrected chi connectivity index (χ4v) is 3.36. The van der Waals surface area contributed by atoms with Gasteiger partial charge < -0.3 is 10.4 Å². The summed E-state index contributed by atoms with van der Waals surface area (Å²) in [6, 6.07) is 0. The van der Waals surface area contributed by atoms with Crippen molar-refractivity contribution in [2.24, 2.45) is 0 Å². The van der Waals surface area contributed by atoms with Crippen LogP contribution in [0.3, 0.4) is 0 Å². The van der Waals surface area contributed by atoms with Crippen LogP contribution < -0.4 is 5.32 Å². The SMILES string of the molecule is O=C(O)c1cn[nH]c1S(=O)(=O)N1CCCNCC1. The van der Waals surface area contributed by atoms with Crippen LogP contribution in [0.4, 0.5) is 0 Å². The van der Waals surface area contributed by atoms with E-state index in [9.17, 15) is 13.2 Å². The normalized spacial score (nSPS) is 18.4. The van der Waals surface area contributed by atoms with E-state index in [1.807, 2.05) is 0 Å². The number of aromatic amines is 1. The maximum Gasteiger partial charge on any atom is 0.340 e. The van der Waals surface area contributed by atoms with E-state index in [0.29, 0.717) is 26.1 Å². The first-order valence-corrected chi connectivity index (χ1v) is 6.95. The molecule has 1 aliphatic rings. The Bertz CT molecular complexity index is 531. The van der Waals surface area contributed by atoms with Crippen LogP contribution in [0, 0.1) is 0 Å². The standard InChI is InChI=1S/C9H14N4O4S/c14-9(15)7-6-11-12-8(7)18(16,17)13-4-1-2-10-3-5-13/h6,10H,1-5H2,(H,11,12)(H,14,15). The third-order valence-electron chi connectivity index (χ3n) is 2.73. The summed E-state index contributed by atoms with van der Waals surface area (Å²) in [4.78, 5) is 10.9. The van der Waals surface area contributed by atoms with Gasteiger partial charge in [0.15, 0.2) is 5.03 Å². The van der Waals surface area contributed by atoms with Crippen LogP contribution >= 0.6 is 0 Å².